The average molecular weight is 334 g/mol. The number of hydrogen-bond acceptors (Lipinski definition) is 4. The number of carbonyl (C=O) groups excluding carboxylic acids is 2. The second-order valence-corrected chi connectivity index (χ2v) is 5.81. The Balaban J connectivity index is 1.97. The summed E-state index contributed by atoms with van der Waals surface area (Å²) in [6.07, 6.45) is 0. The summed E-state index contributed by atoms with van der Waals surface area (Å²) < 4.78 is 4.75. The number of para-hydroxylation sites is 1. The standard InChI is InChI=1S/C20H18N2O3/c1-12-8-9-14-11-16(13(2)21-18(14)10-12)19(23)22-17-7-5-4-6-15(17)20(24)25-3/h4-11H,1-3H3,(H,22,23). The van der Waals surface area contributed by atoms with Gasteiger partial charge < -0.3 is 10.1 Å². The quantitative estimate of drug-likeness (QED) is 0.738. The van der Waals surface area contributed by atoms with Crippen LogP contribution in [0.1, 0.15) is 32.0 Å². The number of hydrogen-bond donors (Lipinski definition) is 1. The van der Waals surface area contributed by atoms with Gasteiger partial charge in [0.2, 0.25) is 0 Å². The Morgan fingerprint density at radius 1 is 1.00 bits per heavy atom. The lowest BCUT2D eigenvalue weighted by Gasteiger charge is -2.11. The van der Waals surface area contributed by atoms with Crippen molar-refractivity contribution in [1.29, 1.82) is 0 Å². The number of fused-ring (bicyclic) bond motifs is 1. The van der Waals surface area contributed by atoms with E-state index in [0.717, 1.165) is 16.5 Å². The molecule has 1 N–H and O–H groups in total. The first-order chi connectivity index (χ1) is 12.0. The van der Waals surface area contributed by atoms with Gasteiger partial charge in [-0.3, -0.25) is 9.78 Å². The number of nitrogens with one attached hydrogen (secondary N) is 1. The number of benzene rings is 2. The van der Waals surface area contributed by atoms with Crippen molar-refractivity contribution in [1.82, 2.24) is 4.98 Å². The Kier molecular flexibility index (Phi) is 4.48. The Hall–Kier alpha value is -3.21. The Labute approximate surface area is 145 Å². The van der Waals surface area contributed by atoms with Gasteiger partial charge in [-0.25, -0.2) is 4.79 Å². The molecule has 5 heteroatoms. The molecular weight excluding hydrogens is 316 g/mol. The maximum atomic E-state index is 12.7. The predicted molar refractivity (Wildman–Crippen MR) is 97.0 cm³/mol. The number of nitrogens with zero attached hydrogens (tertiary/aromatic N) is 1. The van der Waals surface area contributed by atoms with Gasteiger partial charge in [0.05, 0.1) is 35.1 Å². The zero-order chi connectivity index (χ0) is 18.0. The second-order valence-electron chi connectivity index (χ2n) is 5.81. The number of rotatable bonds is 3. The number of carbonyl (C=O) groups is 2. The Morgan fingerprint density at radius 2 is 1.76 bits per heavy atom. The Bertz CT molecular complexity index is 980. The number of pyridine rings is 1. The minimum Gasteiger partial charge on any atom is -0.465 e. The predicted octanol–water partition coefficient (Wildman–Crippen LogP) is 3.89. The van der Waals surface area contributed by atoms with E-state index in [9.17, 15) is 9.59 Å². The molecule has 0 atom stereocenters. The second kappa shape index (κ2) is 6.73. The van der Waals surface area contributed by atoms with E-state index in [1.54, 1.807) is 31.2 Å². The van der Waals surface area contributed by atoms with Gasteiger partial charge in [0.25, 0.3) is 5.91 Å². The third kappa shape index (κ3) is 3.35. The summed E-state index contributed by atoms with van der Waals surface area (Å²) in [4.78, 5) is 29.1. The van der Waals surface area contributed by atoms with Crippen molar-refractivity contribution in [2.45, 2.75) is 13.8 Å². The molecule has 3 rings (SSSR count). The van der Waals surface area contributed by atoms with Crippen LogP contribution in [0.2, 0.25) is 0 Å². The number of anilines is 1. The highest BCUT2D eigenvalue weighted by atomic mass is 16.5. The molecule has 0 aliphatic heterocycles. The maximum Gasteiger partial charge on any atom is 0.339 e. The lowest BCUT2D eigenvalue weighted by Crippen LogP contribution is -2.17. The highest BCUT2D eigenvalue weighted by molar-refractivity contribution is 6.09. The molecule has 2 aromatic carbocycles. The maximum absolute atomic E-state index is 12.7. The van der Waals surface area contributed by atoms with Crippen LogP contribution in [0.15, 0.2) is 48.5 Å². The largest absolute Gasteiger partial charge is 0.465 e. The summed E-state index contributed by atoms with van der Waals surface area (Å²) in [5, 5.41) is 3.67. The number of ether oxygens (including phenoxy) is 1. The molecule has 0 fully saturated rings. The third-order valence-electron chi connectivity index (χ3n) is 3.99. The van der Waals surface area contributed by atoms with E-state index < -0.39 is 5.97 Å². The fraction of sp³-hybridized carbons (Fsp3) is 0.150. The first-order valence-corrected chi connectivity index (χ1v) is 7.86. The van der Waals surface area contributed by atoms with Gasteiger partial charge in [-0.05, 0) is 43.7 Å². The van der Waals surface area contributed by atoms with Crippen LogP contribution < -0.4 is 5.32 Å². The highest BCUT2D eigenvalue weighted by Crippen LogP contribution is 2.21. The molecule has 0 aliphatic carbocycles. The molecule has 0 aliphatic rings. The third-order valence-corrected chi connectivity index (χ3v) is 3.99. The van der Waals surface area contributed by atoms with Crippen LogP contribution in [0.3, 0.4) is 0 Å². The molecule has 1 aromatic heterocycles. The van der Waals surface area contributed by atoms with Crippen molar-refractivity contribution in [3.63, 3.8) is 0 Å². The number of esters is 1. The van der Waals surface area contributed by atoms with E-state index >= 15 is 0 Å². The summed E-state index contributed by atoms with van der Waals surface area (Å²) in [6, 6.07) is 14.4. The van der Waals surface area contributed by atoms with E-state index in [-0.39, 0.29) is 5.91 Å². The zero-order valence-corrected chi connectivity index (χ0v) is 14.3. The van der Waals surface area contributed by atoms with Crippen LogP contribution >= 0.6 is 0 Å². The van der Waals surface area contributed by atoms with Crippen molar-refractivity contribution >= 4 is 28.5 Å². The average Bonchev–Trinajstić information content (AvgIpc) is 2.60. The molecule has 0 unspecified atom stereocenters. The van der Waals surface area contributed by atoms with Gasteiger partial charge in [-0.15, -0.1) is 0 Å². The Morgan fingerprint density at radius 3 is 2.52 bits per heavy atom. The fourth-order valence-electron chi connectivity index (χ4n) is 2.67. The monoisotopic (exact) mass is 334 g/mol. The van der Waals surface area contributed by atoms with Crippen LogP contribution in [-0.2, 0) is 4.74 Å². The molecule has 0 saturated heterocycles. The molecule has 0 spiro atoms. The van der Waals surface area contributed by atoms with E-state index in [0.29, 0.717) is 22.5 Å². The van der Waals surface area contributed by atoms with Crippen molar-refractivity contribution in [3.8, 4) is 0 Å². The van der Waals surface area contributed by atoms with Crippen molar-refractivity contribution in [3.05, 3.63) is 70.9 Å². The summed E-state index contributed by atoms with van der Waals surface area (Å²) in [7, 11) is 1.31. The van der Waals surface area contributed by atoms with Gasteiger partial charge in [0.1, 0.15) is 0 Å². The lowest BCUT2D eigenvalue weighted by atomic mass is 10.1. The van der Waals surface area contributed by atoms with Gasteiger partial charge >= 0.3 is 5.97 Å². The molecule has 0 radical (unpaired) electrons. The minimum absolute atomic E-state index is 0.306. The number of methoxy groups -OCH3 is 1. The number of aromatic nitrogens is 1. The molecule has 0 bridgehead atoms. The van der Waals surface area contributed by atoms with E-state index in [1.807, 2.05) is 31.2 Å². The fourth-order valence-corrected chi connectivity index (χ4v) is 2.67. The van der Waals surface area contributed by atoms with E-state index in [4.69, 9.17) is 4.74 Å². The first-order valence-electron chi connectivity index (χ1n) is 7.86. The van der Waals surface area contributed by atoms with Crippen LogP contribution in [0.25, 0.3) is 10.9 Å². The summed E-state index contributed by atoms with van der Waals surface area (Å²) in [5.74, 6) is -0.816. The van der Waals surface area contributed by atoms with Crippen molar-refractivity contribution in [2.24, 2.45) is 0 Å². The first kappa shape index (κ1) is 16.6. The van der Waals surface area contributed by atoms with Gasteiger partial charge in [0.15, 0.2) is 0 Å². The van der Waals surface area contributed by atoms with Crippen LogP contribution in [0.5, 0.6) is 0 Å². The van der Waals surface area contributed by atoms with Crippen molar-refractivity contribution < 1.29 is 14.3 Å². The molecule has 0 saturated carbocycles. The SMILES string of the molecule is COC(=O)c1ccccc1NC(=O)c1cc2ccc(C)cc2nc1C. The van der Waals surface area contributed by atoms with Gasteiger partial charge in [-0.1, -0.05) is 24.3 Å². The zero-order valence-electron chi connectivity index (χ0n) is 14.3. The minimum atomic E-state index is -0.500. The summed E-state index contributed by atoms with van der Waals surface area (Å²) in [5.41, 5.74) is 3.78. The normalized spacial score (nSPS) is 10.5. The van der Waals surface area contributed by atoms with Crippen LogP contribution in [0.4, 0.5) is 5.69 Å². The van der Waals surface area contributed by atoms with Gasteiger partial charge in [-0.2, -0.15) is 0 Å². The smallest absolute Gasteiger partial charge is 0.339 e. The number of aryl methyl sites for hydroxylation is 2. The number of amides is 1. The highest BCUT2D eigenvalue weighted by Gasteiger charge is 2.16. The molecule has 1 heterocycles. The van der Waals surface area contributed by atoms with E-state index in [2.05, 4.69) is 10.3 Å². The summed E-state index contributed by atoms with van der Waals surface area (Å²) in [6.45, 7) is 3.80. The molecular formula is C20H18N2O3. The van der Waals surface area contributed by atoms with Crippen LogP contribution in [-0.4, -0.2) is 24.0 Å². The summed E-state index contributed by atoms with van der Waals surface area (Å²) >= 11 is 0. The van der Waals surface area contributed by atoms with Gasteiger partial charge in [0, 0.05) is 5.39 Å². The molecule has 1 amide bonds. The molecule has 5 nitrogen and oxygen atoms in total. The van der Waals surface area contributed by atoms with Crippen molar-refractivity contribution in [2.75, 3.05) is 12.4 Å². The van der Waals surface area contributed by atoms with E-state index in [1.165, 1.54) is 7.11 Å². The molecule has 25 heavy (non-hydrogen) atoms. The van der Waals surface area contributed by atoms with Crippen LogP contribution in [0, 0.1) is 13.8 Å². The molecule has 3 aromatic rings. The lowest BCUT2D eigenvalue weighted by molar-refractivity contribution is 0.0602. The molecule has 126 valence electrons. The topological polar surface area (TPSA) is 68.3 Å².